The molecule has 1 rings (SSSR count). The second kappa shape index (κ2) is 4.98. The zero-order valence-corrected chi connectivity index (χ0v) is 8.47. The molecule has 2 N–H and O–H groups in total. The highest BCUT2D eigenvalue weighted by Gasteiger charge is 2.16. The summed E-state index contributed by atoms with van der Waals surface area (Å²) in [5, 5.41) is 18.6. The van der Waals surface area contributed by atoms with Gasteiger partial charge in [-0.3, -0.25) is 0 Å². The predicted octanol–water partition coefficient (Wildman–Crippen LogP) is 1.85. The second-order valence-electron chi connectivity index (χ2n) is 3.21. The third-order valence-corrected chi connectivity index (χ3v) is 2.01. The van der Waals surface area contributed by atoms with Crippen LogP contribution in [-0.4, -0.2) is 22.9 Å². The monoisotopic (exact) mass is 196 g/mol. The first kappa shape index (κ1) is 11.0. The Morgan fingerprint density at radius 1 is 1.29 bits per heavy atom. The molecule has 0 aliphatic carbocycles. The summed E-state index contributed by atoms with van der Waals surface area (Å²) in [6.07, 6.45) is -0.875. The zero-order chi connectivity index (χ0) is 10.6. The van der Waals surface area contributed by atoms with Gasteiger partial charge in [0.05, 0.1) is 6.10 Å². The van der Waals surface area contributed by atoms with E-state index in [-0.39, 0.29) is 11.9 Å². The molecule has 3 nitrogen and oxygen atoms in total. The average Bonchev–Trinajstić information content (AvgIpc) is 2.15. The SMILES string of the molecule is CCO[C@@H](c1ccc(O)cc1)[C@H](C)O. The Labute approximate surface area is 84.0 Å². The maximum atomic E-state index is 9.48. The number of hydrogen-bond donors (Lipinski definition) is 2. The Morgan fingerprint density at radius 2 is 1.86 bits per heavy atom. The number of aliphatic hydroxyl groups excluding tert-OH is 1. The molecule has 2 atom stereocenters. The number of ether oxygens (including phenoxy) is 1. The Hall–Kier alpha value is -1.06. The molecule has 0 fully saturated rings. The zero-order valence-electron chi connectivity index (χ0n) is 8.47. The molecule has 0 amide bonds. The van der Waals surface area contributed by atoms with Gasteiger partial charge in [-0.25, -0.2) is 0 Å². The van der Waals surface area contributed by atoms with Crippen LogP contribution in [0.2, 0.25) is 0 Å². The van der Waals surface area contributed by atoms with Gasteiger partial charge in [0.2, 0.25) is 0 Å². The van der Waals surface area contributed by atoms with E-state index >= 15 is 0 Å². The van der Waals surface area contributed by atoms with Gasteiger partial charge in [0.1, 0.15) is 11.9 Å². The second-order valence-corrected chi connectivity index (χ2v) is 3.21. The molecule has 0 aromatic heterocycles. The van der Waals surface area contributed by atoms with Gasteiger partial charge in [-0.05, 0) is 31.5 Å². The van der Waals surface area contributed by atoms with E-state index in [1.165, 1.54) is 0 Å². The van der Waals surface area contributed by atoms with Crippen molar-refractivity contribution in [3.05, 3.63) is 29.8 Å². The normalized spacial score (nSPS) is 15.1. The number of phenols is 1. The van der Waals surface area contributed by atoms with Crippen molar-refractivity contribution in [1.29, 1.82) is 0 Å². The molecule has 3 heteroatoms. The van der Waals surface area contributed by atoms with Crippen LogP contribution in [-0.2, 0) is 4.74 Å². The van der Waals surface area contributed by atoms with Crippen LogP contribution in [0.4, 0.5) is 0 Å². The van der Waals surface area contributed by atoms with E-state index in [0.29, 0.717) is 6.61 Å². The van der Waals surface area contributed by atoms with Crippen molar-refractivity contribution in [2.75, 3.05) is 6.61 Å². The molecule has 1 aromatic carbocycles. The van der Waals surface area contributed by atoms with Crippen LogP contribution in [0.25, 0.3) is 0 Å². The van der Waals surface area contributed by atoms with E-state index in [1.807, 2.05) is 6.92 Å². The summed E-state index contributed by atoms with van der Waals surface area (Å²) in [5.41, 5.74) is 0.875. The Morgan fingerprint density at radius 3 is 2.29 bits per heavy atom. The van der Waals surface area contributed by atoms with Crippen molar-refractivity contribution in [1.82, 2.24) is 0 Å². The van der Waals surface area contributed by atoms with Gasteiger partial charge in [0.15, 0.2) is 0 Å². The summed E-state index contributed by atoms with van der Waals surface area (Å²) in [4.78, 5) is 0. The average molecular weight is 196 g/mol. The molecule has 0 spiro atoms. The fourth-order valence-corrected chi connectivity index (χ4v) is 1.36. The van der Waals surface area contributed by atoms with E-state index in [1.54, 1.807) is 31.2 Å². The van der Waals surface area contributed by atoms with E-state index in [0.717, 1.165) is 5.56 Å². The summed E-state index contributed by atoms with van der Waals surface area (Å²) in [5.74, 6) is 0.217. The molecule has 0 radical (unpaired) electrons. The molecular weight excluding hydrogens is 180 g/mol. The summed E-state index contributed by atoms with van der Waals surface area (Å²) in [7, 11) is 0. The minimum Gasteiger partial charge on any atom is -0.508 e. The third kappa shape index (κ3) is 2.72. The molecule has 14 heavy (non-hydrogen) atoms. The van der Waals surface area contributed by atoms with Crippen LogP contribution in [0.15, 0.2) is 24.3 Å². The van der Waals surface area contributed by atoms with Gasteiger partial charge < -0.3 is 14.9 Å². The minimum absolute atomic E-state index is 0.217. The highest BCUT2D eigenvalue weighted by Crippen LogP contribution is 2.23. The first-order valence-electron chi connectivity index (χ1n) is 4.73. The molecule has 0 bridgehead atoms. The van der Waals surface area contributed by atoms with Crippen molar-refractivity contribution in [3.63, 3.8) is 0 Å². The molecule has 0 saturated heterocycles. The molecule has 78 valence electrons. The van der Waals surface area contributed by atoms with Crippen molar-refractivity contribution in [2.24, 2.45) is 0 Å². The number of hydrogen-bond acceptors (Lipinski definition) is 3. The van der Waals surface area contributed by atoms with Gasteiger partial charge in [-0.15, -0.1) is 0 Å². The van der Waals surface area contributed by atoms with Gasteiger partial charge in [-0.2, -0.15) is 0 Å². The first-order chi connectivity index (χ1) is 6.65. The summed E-state index contributed by atoms with van der Waals surface area (Å²) in [6, 6.07) is 6.68. The Bertz CT molecular complexity index is 266. The standard InChI is InChI=1S/C11H16O3/c1-3-14-11(8(2)12)9-4-6-10(13)7-5-9/h4-8,11-13H,3H2,1-2H3/t8-,11+/m0/s1. The van der Waals surface area contributed by atoms with E-state index in [9.17, 15) is 5.11 Å². The molecule has 0 saturated carbocycles. The van der Waals surface area contributed by atoms with Crippen LogP contribution in [0.5, 0.6) is 5.75 Å². The molecule has 0 aliphatic rings. The molecule has 0 unspecified atom stereocenters. The van der Waals surface area contributed by atoms with E-state index < -0.39 is 6.10 Å². The smallest absolute Gasteiger partial charge is 0.115 e. The summed E-state index contributed by atoms with van der Waals surface area (Å²) in [6.45, 7) is 4.12. The molecule has 0 heterocycles. The number of aliphatic hydroxyl groups is 1. The maximum Gasteiger partial charge on any atom is 0.115 e. The van der Waals surface area contributed by atoms with Gasteiger partial charge in [-0.1, -0.05) is 12.1 Å². The molecule has 0 aliphatic heterocycles. The third-order valence-electron chi connectivity index (χ3n) is 2.01. The van der Waals surface area contributed by atoms with Gasteiger partial charge >= 0.3 is 0 Å². The summed E-state index contributed by atoms with van der Waals surface area (Å²) >= 11 is 0. The van der Waals surface area contributed by atoms with Gasteiger partial charge in [0.25, 0.3) is 0 Å². The fourth-order valence-electron chi connectivity index (χ4n) is 1.36. The van der Waals surface area contributed by atoms with Crippen molar-refractivity contribution < 1.29 is 14.9 Å². The topological polar surface area (TPSA) is 49.7 Å². The van der Waals surface area contributed by atoms with E-state index in [2.05, 4.69) is 0 Å². The Balaban J connectivity index is 2.82. The first-order valence-corrected chi connectivity index (χ1v) is 4.73. The lowest BCUT2D eigenvalue weighted by molar-refractivity contribution is -0.0259. The number of phenolic OH excluding ortho intramolecular Hbond substituents is 1. The number of benzene rings is 1. The lowest BCUT2D eigenvalue weighted by atomic mass is 10.1. The van der Waals surface area contributed by atoms with Crippen LogP contribution in [0, 0.1) is 0 Å². The molecule has 1 aromatic rings. The fraction of sp³-hybridized carbons (Fsp3) is 0.455. The number of aromatic hydroxyl groups is 1. The van der Waals surface area contributed by atoms with Crippen LogP contribution < -0.4 is 0 Å². The minimum atomic E-state index is -0.556. The van der Waals surface area contributed by atoms with Crippen LogP contribution in [0.1, 0.15) is 25.5 Å². The highest BCUT2D eigenvalue weighted by atomic mass is 16.5. The van der Waals surface area contributed by atoms with Gasteiger partial charge in [0, 0.05) is 6.61 Å². The lowest BCUT2D eigenvalue weighted by Gasteiger charge is -2.20. The van der Waals surface area contributed by atoms with Crippen molar-refractivity contribution >= 4 is 0 Å². The van der Waals surface area contributed by atoms with Crippen LogP contribution in [0.3, 0.4) is 0 Å². The number of rotatable bonds is 4. The summed E-state index contributed by atoms with van der Waals surface area (Å²) < 4.78 is 5.40. The predicted molar refractivity (Wildman–Crippen MR) is 54.2 cm³/mol. The van der Waals surface area contributed by atoms with Crippen molar-refractivity contribution in [2.45, 2.75) is 26.1 Å². The molecular formula is C11H16O3. The Kier molecular flexibility index (Phi) is 3.92. The quantitative estimate of drug-likeness (QED) is 0.772. The highest BCUT2D eigenvalue weighted by molar-refractivity contribution is 5.27. The maximum absolute atomic E-state index is 9.48. The van der Waals surface area contributed by atoms with E-state index in [4.69, 9.17) is 9.84 Å². The van der Waals surface area contributed by atoms with Crippen molar-refractivity contribution in [3.8, 4) is 5.75 Å². The largest absolute Gasteiger partial charge is 0.508 e. The lowest BCUT2D eigenvalue weighted by Crippen LogP contribution is -2.17. The van der Waals surface area contributed by atoms with Crippen LogP contribution >= 0.6 is 0 Å².